The Balaban J connectivity index is 2.14. The highest BCUT2D eigenvalue weighted by Crippen LogP contribution is 2.06. The fourth-order valence-electron chi connectivity index (χ4n) is 1.95. The van der Waals surface area contributed by atoms with Crippen molar-refractivity contribution >= 4 is 12.0 Å². The third-order valence-electron chi connectivity index (χ3n) is 3.04. The van der Waals surface area contributed by atoms with Gasteiger partial charge in [-0.1, -0.05) is 6.42 Å². The molecule has 1 aliphatic heterocycles. The fraction of sp³-hybridized carbons (Fsp3) is 0.833. The van der Waals surface area contributed by atoms with Crippen molar-refractivity contribution in [1.82, 2.24) is 10.2 Å². The Hall–Kier alpha value is -1.34. The van der Waals surface area contributed by atoms with E-state index >= 15 is 0 Å². The maximum absolute atomic E-state index is 11.9. The summed E-state index contributed by atoms with van der Waals surface area (Å²) in [7, 11) is 0. The summed E-state index contributed by atoms with van der Waals surface area (Å²) in [6.45, 7) is 1.75. The number of aliphatic carboxylic acids is 1. The molecule has 1 unspecified atom stereocenters. The van der Waals surface area contributed by atoms with Gasteiger partial charge in [-0.05, 0) is 12.8 Å². The number of urea groups is 1. The van der Waals surface area contributed by atoms with Crippen LogP contribution < -0.4 is 5.32 Å². The predicted molar refractivity (Wildman–Crippen MR) is 67.9 cm³/mol. The molecule has 3 N–H and O–H groups in total. The van der Waals surface area contributed by atoms with Crippen molar-refractivity contribution in [3.8, 4) is 0 Å². The van der Waals surface area contributed by atoms with E-state index in [1.165, 1.54) is 0 Å². The number of nitrogens with one attached hydrogen (secondary N) is 1. The lowest BCUT2D eigenvalue weighted by molar-refractivity contribution is -0.137. The zero-order valence-electron chi connectivity index (χ0n) is 11.0. The molecule has 0 spiro atoms. The highest BCUT2D eigenvalue weighted by molar-refractivity contribution is 5.74. The zero-order valence-corrected chi connectivity index (χ0v) is 11.0. The van der Waals surface area contributed by atoms with Gasteiger partial charge in [0.1, 0.15) is 0 Å². The van der Waals surface area contributed by atoms with Crippen molar-refractivity contribution in [1.29, 1.82) is 0 Å². The molecule has 7 heteroatoms. The van der Waals surface area contributed by atoms with Gasteiger partial charge in [0.25, 0.3) is 0 Å². The van der Waals surface area contributed by atoms with Gasteiger partial charge in [-0.2, -0.15) is 0 Å². The number of hydrogen-bond acceptors (Lipinski definition) is 4. The van der Waals surface area contributed by atoms with E-state index in [9.17, 15) is 9.59 Å². The van der Waals surface area contributed by atoms with Crippen LogP contribution in [0.1, 0.15) is 25.7 Å². The van der Waals surface area contributed by atoms with E-state index < -0.39 is 5.97 Å². The van der Waals surface area contributed by atoms with Gasteiger partial charge in [-0.25, -0.2) is 4.79 Å². The first-order valence-corrected chi connectivity index (χ1v) is 6.60. The highest BCUT2D eigenvalue weighted by atomic mass is 16.5. The first kappa shape index (κ1) is 15.7. The number of aliphatic hydroxyl groups is 1. The van der Waals surface area contributed by atoms with Crippen molar-refractivity contribution in [2.75, 3.05) is 32.9 Å². The lowest BCUT2D eigenvalue weighted by Gasteiger charge is -2.34. The topological polar surface area (TPSA) is 99.1 Å². The van der Waals surface area contributed by atoms with E-state index in [1.807, 2.05) is 0 Å². The van der Waals surface area contributed by atoms with Crippen LogP contribution in [0.25, 0.3) is 0 Å². The number of aliphatic hydroxyl groups excluding tert-OH is 1. The molecule has 0 bridgehead atoms. The molecule has 1 atom stereocenters. The number of rotatable bonds is 7. The second-order valence-electron chi connectivity index (χ2n) is 4.54. The summed E-state index contributed by atoms with van der Waals surface area (Å²) in [5.41, 5.74) is 0. The summed E-state index contributed by atoms with van der Waals surface area (Å²) in [6.07, 6.45) is 2.33. The molecule has 0 radical (unpaired) electrons. The van der Waals surface area contributed by atoms with Crippen LogP contribution >= 0.6 is 0 Å². The van der Waals surface area contributed by atoms with E-state index in [1.54, 1.807) is 4.90 Å². The van der Waals surface area contributed by atoms with E-state index in [4.69, 9.17) is 14.9 Å². The van der Waals surface area contributed by atoms with Crippen molar-refractivity contribution in [3.63, 3.8) is 0 Å². The zero-order chi connectivity index (χ0) is 14.1. The standard InChI is InChI=1S/C12H22N2O5/c15-8-10-9-19-7-6-14(10)12(18)13-5-3-1-2-4-11(16)17/h10,15H,1-9H2,(H,13,18)(H,16,17). The van der Waals surface area contributed by atoms with Gasteiger partial charge in [0, 0.05) is 19.5 Å². The van der Waals surface area contributed by atoms with E-state index in [0.29, 0.717) is 32.7 Å². The Morgan fingerprint density at radius 3 is 2.79 bits per heavy atom. The summed E-state index contributed by atoms with van der Waals surface area (Å²) in [5.74, 6) is -0.789. The van der Waals surface area contributed by atoms with Gasteiger partial charge < -0.3 is 25.2 Å². The van der Waals surface area contributed by atoms with E-state index in [2.05, 4.69) is 5.32 Å². The molecule has 1 heterocycles. The van der Waals surface area contributed by atoms with Crippen LogP contribution in [0.5, 0.6) is 0 Å². The molecule has 110 valence electrons. The maximum Gasteiger partial charge on any atom is 0.317 e. The molecule has 1 aliphatic rings. The van der Waals surface area contributed by atoms with Gasteiger partial charge in [0.05, 0.1) is 25.9 Å². The Morgan fingerprint density at radius 2 is 2.11 bits per heavy atom. The van der Waals surface area contributed by atoms with E-state index in [-0.39, 0.29) is 25.1 Å². The third-order valence-corrected chi connectivity index (χ3v) is 3.04. The average Bonchev–Trinajstić information content (AvgIpc) is 2.42. The molecule has 1 rings (SSSR count). The van der Waals surface area contributed by atoms with E-state index in [0.717, 1.165) is 12.8 Å². The van der Waals surface area contributed by atoms with Crippen molar-refractivity contribution in [2.45, 2.75) is 31.7 Å². The molecule has 1 fully saturated rings. The SMILES string of the molecule is O=C(O)CCCCCNC(=O)N1CCOCC1CO. The number of nitrogens with zero attached hydrogens (tertiary/aromatic N) is 1. The van der Waals surface area contributed by atoms with Gasteiger partial charge >= 0.3 is 12.0 Å². The Morgan fingerprint density at radius 1 is 1.32 bits per heavy atom. The van der Waals surface area contributed by atoms with Crippen molar-refractivity contribution in [3.05, 3.63) is 0 Å². The number of ether oxygens (including phenoxy) is 1. The lowest BCUT2D eigenvalue weighted by Crippen LogP contribution is -2.54. The molecule has 19 heavy (non-hydrogen) atoms. The first-order valence-electron chi connectivity index (χ1n) is 6.60. The largest absolute Gasteiger partial charge is 0.481 e. The molecular weight excluding hydrogens is 252 g/mol. The number of carboxylic acid groups (broad SMARTS) is 1. The number of morpholine rings is 1. The summed E-state index contributed by atoms with van der Waals surface area (Å²) >= 11 is 0. The number of amides is 2. The smallest absolute Gasteiger partial charge is 0.317 e. The molecule has 0 aromatic carbocycles. The van der Waals surface area contributed by atoms with Crippen LogP contribution in [-0.4, -0.2) is 66.1 Å². The highest BCUT2D eigenvalue weighted by Gasteiger charge is 2.26. The van der Waals surface area contributed by atoms with Crippen LogP contribution in [0.3, 0.4) is 0 Å². The number of carboxylic acids is 1. The van der Waals surface area contributed by atoms with Gasteiger partial charge in [0.15, 0.2) is 0 Å². The first-order chi connectivity index (χ1) is 9.15. The van der Waals surface area contributed by atoms with Crippen LogP contribution in [0.15, 0.2) is 0 Å². The molecule has 0 aromatic rings. The quantitative estimate of drug-likeness (QED) is 0.569. The summed E-state index contributed by atoms with van der Waals surface area (Å²) < 4.78 is 5.20. The van der Waals surface area contributed by atoms with Crippen LogP contribution in [-0.2, 0) is 9.53 Å². The number of unbranched alkanes of at least 4 members (excludes halogenated alkanes) is 2. The van der Waals surface area contributed by atoms with Crippen LogP contribution in [0, 0.1) is 0 Å². The number of carbonyl (C=O) groups is 2. The molecule has 0 saturated carbocycles. The van der Waals surface area contributed by atoms with Crippen LogP contribution in [0.2, 0.25) is 0 Å². The molecule has 2 amide bonds. The Bertz CT molecular complexity index is 298. The number of carbonyl (C=O) groups excluding carboxylic acids is 1. The van der Waals surface area contributed by atoms with Crippen molar-refractivity contribution < 1.29 is 24.5 Å². The van der Waals surface area contributed by atoms with Gasteiger partial charge in [-0.3, -0.25) is 4.79 Å². The monoisotopic (exact) mass is 274 g/mol. The minimum absolute atomic E-state index is 0.105. The summed E-state index contributed by atoms with van der Waals surface area (Å²) in [6, 6.07) is -0.471. The minimum atomic E-state index is -0.789. The summed E-state index contributed by atoms with van der Waals surface area (Å²) in [5, 5.41) is 20.4. The summed E-state index contributed by atoms with van der Waals surface area (Å²) in [4.78, 5) is 23.8. The van der Waals surface area contributed by atoms with Crippen LogP contribution in [0.4, 0.5) is 4.79 Å². The molecule has 7 nitrogen and oxygen atoms in total. The maximum atomic E-state index is 11.9. The lowest BCUT2D eigenvalue weighted by atomic mass is 10.2. The molecule has 1 saturated heterocycles. The third kappa shape index (κ3) is 5.89. The Labute approximate surface area is 112 Å². The molecule has 0 aromatic heterocycles. The Kier molecular flexibility index (Phi) is 7.20. The van der Waals surface area contributed by atoms with Gasteiger partial charge in [0.2, 0.25) is 0 Å². The molecule has 0 aliphatic carbocycles. The van der Waals surface area contributed by atoms with Gasteiger partial charge in [-0.15, -0.1) is 0 Å². The second kappa shape index (κ2) is 8.71. The average molecular weight is 274 g/mol. The minimum Gasteiger partial charge on any atom is -0.481 e. The van der Waals surface area contributed by atoms with Crippen molar-refractivity contribution in [2.24, 2.45) is 0 Å². The fourth-order valence-corrected chi connectivity index (χ4v) is 1.95. The second-order valence-corrected chi connectivity index (χ2v) is 4.54. The normalized spacial score (nSPS) is 19.2. The molecular formula is C12H22N2O5. The number of hydrogen-bond donors (Lipinski definition) is 3. The predicted octanol–water partition coefficient (Wildman–Crippen LogP) is 0.0341.